The smallest absolute Gasteiger partial charge is 0.307 e. The number of ether oxygens (including phenoxy) is 2. The van der Waals surface area contributed by atoms with E-state index in [0.29, 0.717) is 30.1 Å². The highest BCUT2D eigenvalue weighted by atomic mass is 32.2. The number of para-hydroxylation sites is 1. The number of rotatable bonds is 9. The standard InChI is InChI=1S/C18H19F2NO5S/c1-2-25-17-6-4-3-5-13(17)12-26-18(22)9-10-21-27(23,24)14-7-8-15(19)16(20)11-14/h3-8,11,21H,2,9-10,12H2,1H3. The first-order chi connectivity index (χ1) is 12.8. The molecule has 0 unspecified atom stereocenters. The molecule has 0 saturated heterocycles. The lowest BCUT2D eigenvalue weighted by molar-refractivity contribution is -0.144. The second kappa shape index (κ2) is 9.43. The molecule has 0 bridgehead atoms. The maximum atomic E-state index is 13.2. The van der Waals surface area contributed by atoms with Gasteiger partial charge in [-0.2, -0.15) is 0 Å². The summed E-state index contributed by atoms with van der Waals surface area (Å²) in [5.74, 6) is -2.43. The van der Waals surface area contributed by atoms with Crippen LogP contribution in [0.2, 0.25) is 0 Å². The van der Waals surface area contributed by atoms with Gasteiger partial charge in [0.1, 0.15) is 12.4 Å². The largest absolute Gasteiger partial charge is 0.493 e. The van der Waals surface area contributed by atoms with Crippen molar-refractivity contribution in [1.29, 1.82) is 0 Å². The number of carbonyl (C=O) groups is 1. The number of sulfonamides is 1. The van der Waals surface area contributed by atoms with Gasteiger partial charge < -0.3 is 9.47 Å². The molecule has 0 aromatic heterocycles. The van der Waals surface area contributed by atoms with Crippen LogP contribution in [0.25, 0.3) is 0 Å². The highest BCUT2D eigenvalue weighted by Crippen LogP contribution is 2.19. The first-order valence-corrected chi connectivity index (χ1v) is 9.63. The molecule has 2 aromatic rings. The second-order valence-electron chi connectivity index (χ2n) is 5.43. The Hall–Kier alpha value is -2.52. The van der Waals surface area contributed by atoms with Crippen LogP contribution in [0, 0.1) is 11.6 Å². The van der Waals surface area contributed by atoms with Gasteiger partial charge in [0.15, 0.2) is 11.6 Å². The molecule has 0 aliphatic heterocycles. The minimum atomic E-state index is -4.06. The highest BCUT2D eigenvalue weighted by molar-refractivity contribution is 7.89. The van der Waals surface area contributed by atoms with Gasteiger partial charge in [-0.1, -0.05) is 18.2 Å². The van der Waals surface area contributed by atoms with Gasteiger partial charge in [-0.25, -0.2) is 21.9 Å². The van der Waals surface area contributed by atoms with Crippen molar-refractivity contribution in [3.8, 4) is 5.75 Å². The molecule has 27 heavy (non-hydrogen) atoms. The van der Waals surface area contributed by atoms with Crippen LogP contribution >= 0.6 is 0 Å². The predicted octanol–water partition coefficient (Wildman–Crippen LogP) is 2.78. The molecular weight excluding hydrogens is 380 g/mol. The SMILES string of the molecule is CCOc1ccccc1COC(=O)CCNS(=O)(=O)c1ccc(F)c(F)c1. The number of halogens is 2. The fraction of sp³-hybridized carbons (Fsp3) is 0.278. The van der Waals surface area contributed by atoms with Crippen LogP contribution in [-0.4, -0.2) is 27.5 Å². The fourth-order valence-electron chi connectivity index (χ4n) is 2.16. The van der Waals surface area contributed by atoms with Crippen molar-refractivity contribution in [3.05, 3.63) is 59.7 Å². The molecule has 0 radical (unpaired) electrons. The number of nitrogens with one attached hydrogen (secondary N) is 1. The van der Waals surface area contributed by atoms with E-state index in [0.717, 1.165) is 6.07 Å². The summed E-state index contributed by atoms with van der Waals surface area (Å²) in [5.41, 5.74) is 0.690. The summed E-state index contributed by atoms with van der Waals surface area (Å²) in [5, 5.41) is 0. The quantitative estimate of drug-likeness (QED) is 0.656. The van der Waals surface area contributed by atoms with Crippen LogP contribution in [0.1, 0.15) is 18.9 Å². The lowest BCUT2D eigenvalue weighted by atomic mass is 10.2. The predicted molar refractivity (Wildman–Crippen MR) is 93.6 cm³/mol. The summed E-state index contributed by atoms with van der Waals surface area (Å²) < 4.78 is 62.7. The van der Waals surface area contributed by atoms with Crippen molar-refractivity contribution < 1.29 is 31.5 Å². The molecule has 0 amide bonds. The Morgan fingerprint density at radius 1 is 1.11 bits per heavy atom. The molecule has 0 fully saturated rings. The Kier molecular flexibility index (Phi) is 7.26. The van der Waals surface area contributed by atoms with E-state index < -0.39 is 32.5 Å². The summed E-state index contributed by atoms with van der Waals surface area (Å²) >= 11 is 0. The van der Waals surface area contributed by atoms with Gasteiger partial charge in [0, 0.05) is 12.1 Å². The summed E-state index contributed by atoms with van der Waals surface area (Å²) in [6.07, 6.45) is -0.223. The molecule has 0 saturated carbocycles. The average Bonchev–Trinajstić information content (AvgIpc) is 2.63. The zero-order valence-electron chi connectivity index (χ0n) is 14.6. The molecular formula is C18H19F2NO5S. The van der Waals surface area contributed by atoms with Gasteiger partial charge in [0.05, 0.1) is 17.9 Å². The van der Waals surface area contributed by atoms with Gasteiger partial charge in [-0.05, 0) is 31.2 Å². The molecule has 0 spiro atoms. The van der Waals surface area contributed by atoms with Crippen molar-refractivity contribution in [2.75, 3.05) is 13.2 Å². The number of esters is 1. The maximum Gasteiger partial charge on any atom is 0.307 e. The van der Waals surface area contributed by atoms with E-state index in [1.165, 1.54) is 0 Å². The minimum Gasteiger partial charge on any atom is -0.493 e. The van der Waals surface area contributed by atoms with Crippen LogP contribution in [0.5, 0.6) is 5.75 Å². The molecule has 0 aliphatic rings. The summed E-state index contributed by atoms with van der Waals surface area (Å²) in [4.78, 5) is 11.4. The molecule has 1 N–H and O–H groups in total. The Bertz CT molecular complexity index is 902. The third-order valence-corrected chi connectivity index (χ3v) is 4.94. The zero-order valence-corrected chi connectivity index (χ0v) is 15.4. The van der Waals surface area contributed by atoms with Crippen molar-refractivity contribution in [2.24, 2.45) is 0 Å². The van der Waals surface area contributed by atoms with Crippen LogP contribution < -0.4 is 9.46 Å². The Morgan fingerprint density at radius 2 is 1.85 bits per heavy atom. The van der Waals surface area contributed by atoms with Crippen molar-refractivity contribution >= 4 is 16.0 Å². The molecule has 6 nitrogen and oxygen atoms in total. The average molecular weight is 399 g/mol. The van der Waals surface area contributed by atoms with E-state index in [2.05, 4.69) is 4.72 Å². The first-order valence-electron chi connectivity index (χ1n) is 8.14. The molecule has 146 valence electrons. The molecule has 2 aromatic carbocycles. The maximum absolute atomic E-state index is 13.2. The minimum absolute atomic E-state index is 0.00900. The zero-order chi connectivity index (χ0) is 19.9. The third-order valence-electron chi connectivity index (χ3n) is 3.48. The van der Waals surface area contributed by atoms with E-state index in [-0.39, 0.29) is 19.6 Å². The highest BCUT2D eigenvalue weighted by Gasteiger charge is 2.17. The number of hydrogen-bond acceptors (Lipinski definition) is 5. The molecule has 2 rings (SSSR count). The lowest BCUT2D eigenvalue weighted by Crippen LogP contribution is -2.27. The normalized spacial score (nSPS) is 11.2. The molecule has 0 atom stereocenters. The number of benzene rings is 2. The molecule has 0 heterocycles. The first kappa shape index (κ1) is 20.8. The van der Waals surface area contributed by atoms with Crippen LogP contribution in [-0.2, 0) is 26.2 Å². The van der Waals surface area contributed by atoms with Crippen LogP contribution in [0.3, 0.4) is 0 Å². The number of hydrogen-bond donors (Lipinski definition) is 1. The Balaban J connectivity index is 1.84. The molecule has 0 aliphatic carbocycles. The number of carbonyl (C=O) groups excluding carboxylic acids is 1. The third kappa shape index (κ3) is 6.00. The van der Waals surface area contributed by atoms with Crippen LogP contribution in [0.4, 0.5) is 8.78 Å². The Morgan fingerprint density at radius 3 is 2.56 bits per heavy atom. The van der Waals surface area contributed by atoms with Crippen molar-refractivity contribution in [1.82, 2.24) is 4.72 Å². The van der Waals surface area contributed by atoms with E-state index >= 15 is 0 Å². The Labute approximate surface area is 156 Å². The van der Waals surface area contributed by atoms with E-state index in [1.807, 2.05) is 6.92 Å². The lowest BCUT2D eigenvalue weighted by Gasteiger charge is -2.11. The topological polar surface area (TPSA) is 81.7 Å². The molecule has 9 heteroatoms. The van der Waals surface area contributed by atoms with Gasteiger partial charge >= 0.3 is 5.97 Å². The van der Waals surface area contributed by atoms with Crippen LogP contribution in [0.15, 0.2) is 47.4 Å². The van der Waals surface area contributed by atoms with Crippen molar-refractivity contribution in [2.45, 2.75) is 24.8 Å². The summed E-state index contributed by atoms with van der Waals surface area (Å²) in [6.45, 7) is 2.05. The van der Waals surface area contributed by atoms with Gasteiger partial charge in [-0.15, -0.1) is 0 Å². The monoisotopic (exact) mass is 399 g/mol. The van der Waals surface area contributed by atoms with E-state index in [4.69, 9.17) is 9.47 Å². The second-order valence-corrected chi connectivity index (χ2v) is 7.19. The van der Waals surface area contributed by atoms with Crippen molar-refractivity contribution in [3.63, 3.8) is 0 Å². The van der Waals surface area contributed by atoms with E-state index in [9.17, 15) is 22.0 Å². The summed E-state index contributed by atoms with van der Waals surface area (Å²) in [6, 6.07) is 9.30. The fourth-order valence-corrected chi connectivity index (χ4v) is 3.21. The van der Waals surface area contributed by atoms with Gasteiger partial charge in [0.25, 0.3) is 0 Å². The van der Waals surface area contributed by atoms with E-state index in [1.54, 1.807) is 24.3 Å². The summed E-state index contributed by atoms with van der Waals surface area (Å²) in [7, 11) is -4.06. The van der Waals surface area contributed by atoms with Gasteiger partial charge in [-0.3, -0.25) is 4.79 Å². The van der Waals surface area contributed by atoms with Gasteiger partial charge in [0.2, 0.25) is 10.0 Å².